The Labute approximate surface area is 229 Å². The molecule has 7 nitrogen and oxygen atoms in total. The summed E-state index contributed by atoms with van der Waals surface area (Å²) in [7, 11) is -4.03. The van der Waals surface area contributed by atoms with Gasteiger partial charge in [-0.15, -0.1) is 0 Å². The van der Waals surface area contributed by atoms with Gasteiger partial charge in [0.05, 0.1) is 22.5 Å². The highest BCUT2D eigenvalue weighted by molar-refractivity contribution is 9.10. The zero-order valence-corrected chi connectivity index (χ0v) is 23.3. The van der Waals surface area contributed by atoms with Crippen LogP contribution in [0.3, 0.4) is 0 Å². The molecule has 0 radical (unpaired) electrons. The molecule has 0 atom stereocenters. The average molecular weight is 600 g/mol. The highest BCUT2D eigenvalue weighted by Gasteiger charge is 2.27. The summed E-state index contributed by atoms with van der Waals surface area (Å²) in [6.07, 6.45) is 1.54. The lowest BCUT2D eigenvalue weighted by atomic mass is 10.2. The van der Waals surface area contributed by atoms with E-state index in [4.69, 9.17) is 11.6 Å². The molecule has 0 aliphatic rings. The molecule has 0 fully saturated rings. The van der Waals surface area contributed by atoms with E-state index in [9.17, 15) is 13.2 Å². The van der Waals surface area contributed by atoms with E-state index in [1.165, 1.54) is 18.2 Å². The van der Waals surface area contributed by atoms with E-state index in [-0.39, 0.29) is 10.6 Å². The highest BCUT2D eigenvalue weighted by atomic mass is 79.9. The van der Waals surface area contributed by atoms with Crippen LogP contribution in [0.25, 0.3) is 5.69 Å². The first-order valence-corrected chi connectivity index (χ1v) is 13.9. The molecule has 1 N–H and O–H groups in total. The van der Waals surface area contributed by atoms with Gasteiger partial charge in [0.1, 0.15) is 6.54 Å². The van der Waals surface area contributed by atoms with E-state index in [1.54, 1.807) is 42.6 Å². The van der Waals surface area contributed by atoms with Gasteiger partial charge in [-0.2, -0.15) is 5.10 Å². The minimum atomic E-state index is -4.03. The Morgan fingerprint density at radius 2 is 1.73 bits per heavy atom. The zero-order valence-electron chi connectivity index (χ0n) is 20.1. The van der Waals surface area contributed by atoms with Crippen molar-refractivity contribution in [1.29, 1.82) is 0 Å². The van der Waals surface area contributed by atoms with Crippen molar-refractivity contribution in [2.75, 3.05) is 10.8 Å². The number of amides is 1. The molecule has 0 aliphatic heterocycles. The van der Waals surface area contributed by atoms with E-state index >= 15 is 0 Å². The predicted octanol–water partition coefficient (Wildman–Crippen LogP) is 5.86. The Bertz CT molecular complexity index is 1570. The first-order chi connectivity index (χ1) is 17.7. The first kappa shape index (κ1) is 26.7. The second kappa shape index (κ2) is 11.3. The Morgan fingerprint density at radius 1 is 1.03 bits per heavy atom. The van der Waals surface area contributed by atoms with Crippen LogP contribution in [-0.2, 0) is 14.8 Å². The van der Waals surface area contributed by atoms with E-state index in [0.717, 1.165) is 31.4 Å². The Morgan fingerprint density at radius 3 is 2.43 bits per heavy atom. The molecule has 0 aliphatic carbocycles. The normalized spacial score (nSPS) is 11.6. The number of para-hydroxylation sites is 1. The summed E-state index contributed by atoms with van der Waals surface area (Å²) >= 11 is 9.69. The molecule has 190 valence electrons. The lowest BCUT2D eigenvalue weighted by Crippen LogP contribution is -2.39. The fourth-order valence-corrected chi connectivity index (χ4v) is 6.01. The third kappa shape index (κ3) is 5.95. The monoisotopic (exact) mass is 598 g/mol. The number of anilines is 1. The summed E-state index contributed by atoms with van der Waals surface area (Å²) in [4.78, 5) is 12.9. The third-order valence-electron chi connectivity index (χ3n) is 5.67. The maximum Gasteiger partial charge on any atom is 0.264 e. The van der Waals surface area contributed by atoms with Crippen molar-refractivity contribution in [2.24, 2.45) is 5.10 Å². The van der Waals surface area contributed by atoms with E-state index in [0.29, 0.717) is 5.02 Å². The van der Waals surface area contributed by atoms with Gasteiger partial charge in [-0.3, -0.25) is 9.10 Å². The van der Waals surface area contributed by atoms with Crippen molar-refractivity contribution in [2.45, 2.75) is 18.7 Å². The highest BCUT2D eigenvalue weighted by Crippen LogP contribution is 2.27. The van der Waals surface area contributed by atoms with Crippen LogP contribution in [0.15, 0.2) is 99.4 Å². The molecular formula is C27H24BrClN4O3S. The maximum atomic E-state index is 13.4. The number of nitrogens with one attached hydrogen (secondary N) is 1. The predicted molar refractivity (Wildman–Crippen MR) is 151 cm³/mol. The summed E-state index contributed by atoms with van der Waals surface area (Å²) < 4.78 is 30.8. The number of rotatable bonds is 8. The van der Waals surface area contributed by atoms with Gasteiger partial charge in [0.25, 0.3) is 15.9 Å². The number of halogens is 2. The molecule has 4 aromatic rings. The van der Waals surface area contributed by atoms with Crippen molar-refractivity contribution >= 4 is 55.4 Å². The van der Waals surface area contributed by atoms with Crippen LogP contribution in [0.4, 0.5) is 5.69 Å². The SMILES string of the molecule is Cc1cc(/C=N\NC(=O)CN(c2cccc(Cl)c2)S(=O)(=O)c2ccccc2)c(C)n1-c1ccccc1Br. The van der Waals surface area contributed by atoms with Crippen LogP contribution in [0.2, 0.25) is 5.02 Å². The smallest absolute Gasteiger partial charge is 0.264 e. The summed E-state index contributed by atoms with van der Waals surface area (Å²) in [6, 6.07) is 24.1. The van der Waals surface area contributed by atoms with E-state index < -0.39 is 22.5 Å². The second-order valence-corrected chi connectivity index (χ2v) is 11.4. The van der Waals surface area contributed by atoms with Gasteiger partial charge in [0.15, 0.2) is 0 Å². The van der Waals surface area contributed by atoms with Crippen LogP contribution < -0.4 is 9.73 Å². The quantitative estimate of drug-likeness (QED) is 0.204. The molecule has 0 bridgehead atoms. The lowest BCUT2D eigenvalue weighted by Gasteiger charge is -2.23. The minimum Gasteiger partial charge on any atom is -0.317 e. The number of benzene rings is 3. The van der Waals surface area contributed by atoms with Gasteiger partial charge < -0.3 is 4.57 Å². The van der Waals surface area contributed by atoms with Crippen LogP contribution in [0.5, 0.6) is 0 Å². The molecule has 10 heteroatoms. The number of hydrogen-bond acceptors (Lipinski definition) is 4. The largest absolute Gasteiger partial charge is 0.317 e. The fraction of sp³-hybridized carbons (Fsp3) is 0.111. The van der Waals surface area contributed by atoms with Gasteiger partial charge in [0.2, 0.25) is 0 Å². The number of aromatic nitrogens is 1. The fourth-order valence-electron chi connectivity index (χ4n) is 3.93. The summed E-state index contributed by atoms with van der Waals surface area (Å²) in [6.45, 7) is 3.47. The summed E-state index contributed by atoms with van der Waals surface area (Å²) in [5.74, 6) is -0.602. The standard InChI is InChI=1S/C27H24BrClN4O3S/c1-19-15-21(20(2)33(19)26-14-7-6-13-25(26)28)17-30-31-27(34)18-32(23-10-8-9-22(29)16-23)37(35,36)24-11-4-3-5-12-24/h3-17H,18H2,1-2H3,(H,31,34)/b30-17-. The Balaban J connectivity index is 1.55. The summed E-state index contributed by atoms with van der Waals surface area (Å²) in [5, 5.41) is 4.45. The average Bonchev–Trinajstić information content (AvgIpc) is 3.16. The van der Waals surface area contributed by atoms with Gasteiger partial charge in [-0.25, -0.2) is 13.8 Å². The molecule has 0 saturated heterocycles. The molecule has 1 heterocycles. The second-order valence-electron chi connectivity index (χ2n) is 8.21. The van der Waals surface area contributed by atoms with Crippen LogP contribution in [0.1, 0.15) is 17.0 Å². The van der Waals surface area contributed by atoms with Crippen molar-refractivity contribution in [3.63, 3.8) is 0 Å². The molecular weight excluding hydrogens is 576 g/mol. The van der Waals surface area contributed by atoms with Crippen molar-refractivity contribution in [3.05, 3.63) is 111 Å². The molecule has 1 amide bonds. The van der Waals surface area contributed by atoms with Crippen molar-refractivity contribution < 1.29 is 13.2 Å². The van der Waals surface area contributed by atoms with Crippen molar-refractivity contribution in [3.8, 4) is 5.69 Å². The molecule has 0 unspecified atom stereocenters. The maximum absolute atomic E-state index is 13.4. The van der Waals surface area contributed by atoms with Gasteiger partial charge in [-0.1, -0.05) is 48.0 Å². The number of sulfonamides is 1. The van der Waals surface area contributed by atoms with Gasteiger partial charge in [0, 0.05) is 26.4 Å². The molecule has 3 aromatic carbocycles. The lowest BCUT2D eigenvalue weighted by molar-refractivity contribution is -0.119. The van der Waals surface area contributed by atoms with E-state index in [2.05, 4.69) is 31.0 Å². The van der Waals surface area contributed by atoms with Crippen LogP contribution in [-0.4, -0.2) is 31.7 Å². The molecule has 4 rings (SSSR count). The van der Waals surface area contributed by atoms with Crippen LogP contribution in [0, 0.1) is 13.8 Å². The van der Waals surface area contributed by atoms with Crippen LogP contribution >= 0.6 is 27.5 Å². The number of hydrazone groups is 1. The Hall–Kier alpha value is -3.40. The first-order valence-electron chi connectivity index (χ1n) is 11.3. The molecule has 0 spiro atoms. The number of hydrogen-bond donors (Lipinski definition) is 1. The number of carbonyl (C=O) groups excluding carboxylic acids is 1. The topological polar surface area (TPSA) is 83.8 Å². The van der Waals surface area contributed by atoms with Crippen molar-refractivity contribution in [1.82, 2.24) is 9.99 Å². The minimum absolute atomic E-state index is 0.0609. The van der Waals surface area contributed by atoms with Gasteiger partial charge in [-0.05, 0) is 78.3 Å². The van der Waals surface area contributed by atoms with E-state index in [1.807, 2.05) is 44.2 Å². The zero-order chi connectivity index (χ0) is 26.6. The van der Waals surface area contributed by atoms with Gasteiger partial charge >= 0.3 is 0 Å². The number of carbonyl (C=O) groups is 1. The molecule has 1 aromatic heterocycles. The number of aryl methyl sites for hydroxylation is 1. The third-order valence-corrected chi connectivity index (χ3v) is 8.36. The molecule has 37 heavy (non-hydrogen) atoms. The Kier molecular flexibility index (Phi) is 8.16. The summed E-state index contributed by atoms with van der Waals surface area (Å²) in [5.41, 5.74) is 6.47. The number of nitrogens with zero attached hydrogens (tertiary/aromatic N) is 3. The molecule has 0 saturated carbocycles.